The highest BCUT2D eigenvalue weighted by molar-refractivity contribution is 7.71. The molecule has 0 saturated carbocycles. The highest BCUT2D eigenvalue weighted by Crippen LogP contribution is 2.21. The van der Waals surface area contributed by atoms with Crippen molar-refractivity contribution in [2.24, 2.45) is 5.10 Å². The average Bonchev–Trinajstić information content (AvgIpc) is 3.02. The fourth-order valence-electron chi connectivity index (χ4n) is 2.43. The molecule has 0 atom stereocenters. The first kappa shape index (κ1) is 17.0. The molecule has 6 heteroatoms. The molecule has 2 aromatic carbocycles. The molecular formula is C19H19N3O2S. The van der Waals surface area contributed by atoms with E-state index in [4.69, 9.17) is 21.7 Å². The third kappa shape index (κ3) is 3.80. The van der Waals surface area contributed by atoms with Gasteiger partial charge in [0.15, 0.2) is 4.77 Å². The van der Waals surface area contributed by atoms with Crippen molar-refractivity contribution >= 4 is 17.9 Å². The number of aromatic nitrogens is 2. The molecule has 5 nitrogen and oxygen atoms in total. The number of ether oxygens (including phenoxy) is 2. The van der Waals surface area contributed by atoms with Crippen LogP contribution in [0, 0.1) is 4.77 Å². The van der Waals surface area contributed by atoms with Crippen LogP contribution in [-0.4, -0.2) is 29.6 Å². The highest BCUT2D eigenvalue weighted by atomic mass is 32.1. The Hall–Kier alpha value is -2.86. The van der Waals surface area contributed by atoms with Gasteiger partial charge in [-0.1, -0.05) is 0 Å². The normalized spacial score (nSPS) is 11.4. The second kappa shape index (κ2) is 7.36. The topological polar surface area (TPSA) is 51.5 Å². The molecule has 0 saturated heterocycles. The van der Waals surface area contributed by atoms with E-state index in [1.807, 2.05) is 61.7 Å². The molecule has 0 radical (unpaired) electrons. The van der Waals surface area contributed by atoms with Crippen molar-refractivity contribution in [2.75, 3.05) is 14.2 Å². The van der Waals surface area contributed by atoms with E-state index in [9.17, 15) is 0 Å². The zero-order valence-corrected chi connectivity index (χ0v) is 15.1. The summed E-state index contributed by atoms with van der Waals surface area (Å²) in [7, 11) is 3.30. The molecule has 1 N–H and O–H groups in total. The van der Waals surface area contributed by atoms with E-state index < -0.39 is 0 Å². The zero-order valence-electron chi connectivity index (χ0n) is 14.3. The van der Waals surface area contributed by atoms with Crippen molar-refractivity contribution in [3.8, 4) is 22.8 Å². The van der Waals surface area contributed by atoms with Crippen LogP contribution >= 0.6 is 12.2 Å². The summed E-state index contributed by atoms with van der Waals surface area (Å²) in [4.78, 5) is 3.18. The molecule has 0 fully saturated rings. The Kier molecular flexibility index (Phi) is 5.00. The predicted molar refractivity (Wildman–Crippen MR) is 102 cm³/mol. The summed E-state index contributed by atoms with van der Waals surface area (Å²) in [5, 5.41) is 4.60. The third-order valence-electron chi connectivity index (χ3n) is 3.87. The molecule has 0 aliphatic heterocycles. The van der Waals surface area contributed by atoms with Crippen LogP contribution in [0.15, 0.2) is 59.8 Å². The molecule has 0 amide bonds. The lowest BCUT2D eigenvalue weighted by atomic mass is 10.1. The summed E-state index contributed by atoms with van der Waals surface area (Å²) in [6.45, 7) is 1.95. The molecule has 3 aromatic rings. The summed E-state index contributed by atoms with van der Waals surface area (Å²) in [5.41, 5.74) is 3.79. The van der Waals surface area contributed by atoms with Crippen LogP contribution in [0.3, 0.4) is 0 Å². The van der Waals surface area contributed by atoms with Gasteiger partial charge in [-0.2, -0.15) is 5.10 Å². The fourth-order valence-corrected chi connectivity index (χ4v) is 2.63. The second-order valence-electron chi connectivity index (χ2n) is 5.46. The summed E-state index contributed by atoms with van der Waals surface area (Å²) >= 11 is 5.39. The number of nitrogens with one attached hydrogen (secondary N) is 1. The Balaban J connectivity index is 1.89. The standard InChI is InChI=1S/C19H19N3O2S/c1-13(14-4-8-16(23-2)9-5-14)21-22-12-18(20-19(22)25)15-6-10-17(24-3)11-7-15/h4-12H,1-3H3,(H,20,25)/b21-13+. The SMILES string of the molecule is COc1ccc(/C(C)=N/n2cc(-c3ccc(OC)cc3)[nH]c2=S)cc1. The van der Waals surface area contributed by atoms with E-state index >= 15 is 0 Å². The lowest BCUT2D eigenvalue weighted by molar-refractivity contribution is 0.414. The van der Waals surface area contributed by atoms with E-state index in [1.54, 1.807) is 18.9 Å². The van der Waals surface area contributed by atoms with Gasteiger partial charge in [-0.25, -0.2) is 4.68 Å². The second-order valence-corrected chi connectivity index (χ2v) is 5.85. The first-order chi connectivity index (χ1) is 12.1. The van der Waals surface area contributed by atoms with Crippen LogP contribution < -0.4 is 9.47 Å². The minimum absolute atomic E-state index is 0.540. The minimum atomic E-state index is 0.540. The largest absolute Gasteiger partial charge is 0.497 e. The fraction of sp³-hybridized carbons (Fsp3) is 0.158. The maximum Gasteiger partial charge on any atom is 0.198 e. The first-order valence-electron chi connectivity index (χ1n) is 7.77. The number of imidazole rings is 1. The Morgan fingerprint density at radius 1 is 0.960 bits per heavy atom. The van der Waals surface area contributed by atoms with Gasteiger partial charge < -0.3 is 14.5 Å². The highest BCUT2D eigenvalue weighted by Gasteiger charge is 2.05. The van der Waals surface area contributed by atoms with E-state index in [0.717, 1.165) is 34.0 Å². The van der Waals surface area contributed by atoms with Crippen LogP contribution in [-0.2, 0) is 0 Å². The number of hydrogen-bond donors (Lipinski definition) is 1. The molecule has 128 valence electrons. The monoisotopic (exact) mass is 353 g/mol. The average molecular weight is 353 g/mol. The maximum atomic E-state index is 5.39. The van der Waals surface area contributed by atoms with E-state index in [1.165, 1.54) is 0 Å². The van der Waals surface area contributed by atoms with Crippen molar-refractivity contribution in [2.45, 2.75) is 6.92 Å². The van der Waals surface area contributed by atoms with Gasteiger partial charge in [0.1, 0.15) is 11.5 Å². The van der Waals surface area contributed by atoms with Gasteiger partial charge in [0.05, 0.1) is 31.8 Å². The van der Waals surface area contributed by atoms with Crippen molar-refractivity contribution in [3.63, 3.8) is 0 Å². The van der Waals surface area contributed by atoms with Crippen LogP contribution in [0.1, 0.15) is 12.5 Å². The molecule has 3 rings (SSSR count). The van der Waals surface area contributed by atoms with Crippen LogP contribution in [0.2, 0.25) is 0 Å². The molecule has 0 bridgehead atoms. The first-order valence-corrected chi connectivity index (χ1v) is 8.17. The molecule has 0 spiro atoms. The van der Waals surface area contributed by atoms with Gasteiger partial charge in [0.25, 0.3) is 0 Å². The lowest BCUT2D eigenvalue weighted by Crippen LogP contribution is -1.99. The summed E-state index contributed by atoms with van der Waals surface area (Å²) in [6.07, 6.45) is 1.89. The molecule has 1 aromatic heterocycles. The van der Waals surface area contributed by atoms with Gasteiger partial charge in [-0.15, -0.1) is 0 Å². The van der Waals surface area contributed by atoms with Gasteiger partial charge in [0.2, 0.25) is 0 Å². The summed E-state index contributed by atoms with van der Waals surface area (Å²) in [5.74, 6) is 1.63. The van der Waals surface area contributed by atoms with Gasteiger partial charge in [-0.05, 0) is 78.8 Å². The number of rotatable bonds is 5. The van der Waals surface area contributed by atoms with Crippen molar-refractivity contribution in [1.82, 2.24) is 9.66 Å². The molecule has 0 aliphatic rings. The van der Waals surface area contributed by atoms with E-state index in [2.05, 4.69) is 10.1 Å². The lowest BCUT2D eigenvalue weighted by Gasteiger charge is -2.03. The van der Waals surface area contributed by atoms with Crippen LogP contribution in [0.5, 0.6) is 11.5 Å². The number of nitrogens with zero attached hydrogens (tertiary/aromatic N) is 2. The van der Waals surface area contributed by atoms with Crippen molar-refractivity contribution < 1.29 is 9.47 Å². The number of aromatic amines is 1. The minimum Gasteiger partial charge on any atom is -0.497 e. The van der Waals surface area contributed by atoms with E-state index in [-0.39, 0.29) is 0 Å². The number of hydrogen-bond acceptors (Lipinski definition) is 4. The Morgan fingerprint density at radius 3 is 2.08 bits per heavy atom. The number of methoxy groups -OCH3 is 2. The van der Waals surface area contributed by atoms with Crippen LogP contribution in [0.25, 0.3) is 11.3 Å². The quantitative estimate of drug-likeness (QED) is 0.543. The molecular weight excluding hydrogens is 334 g/mol. The van der Waals surface area contributed by atoms with Gasteiger partial charge >= 0.3 is 0 Å². The third-order valence-corrected chi connectivity index (χ3v) is 4.16. The van der Waals surface area contributed by atoms with Crippen molar-refractivity contribution in [1.29, 1.82) is 0 Å². The Labute approximate surface area is 151 Å². The van der Waals surface area contributed by atoms with E-state index in [0.29, 0.717) is 4.77 Å². The van der Waals surface area contributed by atoms with Gasteiger partial charge in [-0.3, -0.25) is 0 Å². The van der Waals surface area contributed by atoms with Crippen molar-refractivity contribution in [3.05, 3.63) is 65.1 Å². The smallest absolute Gasteiger partial charge is 0.198 e. The molecule has 25 heavy (non-hydrogen) atoms. The Morgan fingerprint density at radius 2 is 1.52 bits per heavy atom. The molecule has 1 heterocycles. The number of H-pyrrole nitrogens is 1. The summed E-state index contributed by atoms with van der Waals surface area (Å²) < 4.78 is 12.6. The maximum absolute atomic E-state index is 5.39. The van der Waals surface area contributed by atoms with Crippen LogP contribution in [0.4, 0.5) is 0 Å². The molecule has 0 aliphatic carbocycles. The van der Waals surface area contributed by atoms with Gasteiger partial charge in [0, 0.05) is 0 Å². The zero-order chi connectivity index (χ0) is 17.8. The summed E-state index contributed by atoms with van der Waals surface area (Å²) in [6, 6.07) is 15.5. The molecule has 0 unspecified atom stereocenters. The predicted octanol–water partition coefficient (Wildman–Crippen LogP) is 4.50. The Bertz CT molecular complexity index is 938. The number of benzene rings is 2.